The maximum absolute atomic E-state index is 12.8. The van der Waals surface area contributed by atoms with Crippen LogP contribution in [0.3, 0.4) is 0 Å². The first-order valence-corrected chi connectivity index (χ1v) is 8.04. The molecule has 2 bridgehead atoms. The van der Waals surface area contributed by atoms with Crippen LogP contribution < -0.4 is 0 Å². The third kappa shape index (κ3) is 2.41. The molecule has 0 saturated carbocycles. The second kappa shape index (κ2) is 5.42. The van der Waals surface area contributed by atoms with E-state index in [1.165, 1.54) is 0 Å². The average Bonchev–Trinajstić information content (AvgIpc) is 2.88. The summed E-state index contributed by atoms with van der Waals surface area (Å²) >= 11 is 0. The Labute approximate surface area is 135 Å². The van der Waals surface area contributed by atoms with Gasteiger partial charge in [0.25, 0.3) is 5.91 Å². The summed E-state index contributed by atoms with van der Waals surface area (Å²) in [7, 11) is 0. The quantitative estimate of drug-likeness (QED) is 0.923. The molecule has 2 atom stereocenters. The lowest BCUT2D eigenvalue weighted by atomic mass is 9.83. The predicted octanol–water partition coefficient (Wildman–Crippen LogP) is 2.13. The fourth-order valence-corrected chi connectivity index (χ4v) is 4.05. The first-order valence-electron chi connectivity index (χ1n) is 8.04. The van der Waals surface area contributed by atoms with E-state index in [0.717, 1.165) is 12.8 Å². The van der Waals surface area contributed by atoms with Gasteiger partial charge in [0.1, 0.15) is 5.60 Å². The third-order valence-electron chi connectivity index (χ3n) is 5.07. The minimum absolute atomic E-state index is 0.0444. The molecule has 118 valence electrons. The van der Waals surface area contributed by atoms with Gasteiger partial charge in [0.05, 0.1) is 5.69 Å². The van der Waals surface area contributed by atoms with Gasteiger partial charge in [-0.2, -0.15) is 0 Å². The number of hydrogen-bond donors (Lipinski definition) is 1. The molecular formula is C18H19N3O2. The molecule has 2 aliphatic heterocycles. The van der Waals surface area contributed by atoms with Crippen LogP contribution in [-0.2, 0) is 5.60 Å². The Kier molecular flexibility index (Phi) is 3.38. The third-order valence-corrected chi connectivity index (χ3v) is 5.07. The monoisotopic (exact) mass is 309 g/mol. The zero-order chi connectivity index (χ0) is 15.9. The topological polar surface area (TPSA) is 66.3 Å². The van der Waals surface area contributed by atoms with Gasteiger partial charge >= 0.3 is 0 Å². The van der Waals surface area contributed by atoms with Crippen molar-refractivity contribution in [3.63, 3.8) is 0 Å². The molecule has 2 fully saturated rings. The van der Waals surface area contributed by atoms with Gasteiger partial charge in [0, 0.05) is 49.1 Å². The van der Waals surface area contributed by atoms with Gasteiger partial charge in [-0.1, -0.05) is 6.07 Å². The molecule has 1 amide bonds. The molecule has 5 heteroatoms. The summed E-state index contributed by atoms with van der Waals surface area (Å²) in [6, 6.07) is 9.27. The van der Waals surface area contributed by atoms with Gasteiger partial charge in [0.15, 0.2) is 0 Å². The molecule has 5 nitrogen and oxygen atoms in total. The fourth-order valence-electron chi connectivity index (χ4n) is 4.05. The van der Waals surface area contributed by atoms with Crippen molar-refractivity contribution in [2.45, 2.75) is 43.4 Å². The van der Waals surface area contributed by atoms with E-state index in [-0.39, 0.29) is 18.0 Å². The molecule has 1 N–H and O–H groups in total. The second-order valence-electron chi connectivity index (χ2n) is 6.49. The van der Waals surface area contributed by atoms with Crippen LogP contribution in [0.25, 0.3) is 0 Å². The van der Waals surface area contributed by atoms with Crippen molar-refractivity contribution >= 4 is 5.91 Å². The summed E-state index contributed by atoms with van der Waals surface area (Å²) in [6.07, 6.45) is 7.98. The van der Waals surface area contributed by atoms with E-state index in [2.05, 4.69) is 9.97 Å². The van der Waals surface area contributed by atoms with Crippen molar-refractivity contribution < 1.29 is 9.90 Å². The number of piperidine rings is 1. The molecule has 2 aromatic heterocycles. The molecule has 0 aliphatic carbocycles. The number of pyridine rings is 2. The largest absolute Gasteiger partial charge is 0.383 e. The van der Waals surface area contributed by atoms with E-state index in [1.54, 1.807) is 30.7 Å². The zero-order valence-corrected chi connectivity index (χ0v) is 12.8. The molecule has 4 heterocycles. The van der Waals surface area contributed by atoms with Gasteiger partial charge < -0.3 is 10.0 Å². The summed E-state index contributed by atoms with van der Waals surface area (Å²) in [5.74, 6) is 0.0444. The SMILES string of the molecule is O=C(c1ccncc1)N1[C@H]2CC[C@H]1CC(O)(c1ccccn1)C2. The predicted molar refractivity (Wildman–Crippen MR) is 84.6 cm³/mol. The highest BCUT2D eigenvalue weighted by Crippen LogP contribution is 2.45. The van der Waals surface area contributed by atoms with Crippen molar-refractivity contribution in [2.75, 3.05) is 0 Å². The summed E-state index contributed by atoms with van der Waals surface area (Å²) in [4.78, 5) is 23.1. The number of nitrogens with zero attached hydrogens (tertiary/aromatic N) is 3. The van der Waals surface area contributed by atoms with Crippen LogP contribution in [0, 0.1) is 0 Å². The summed E-state index contributed by atoms with van der Waals surface area (Å²) in [6.45, 7) is 0. The number of aliphatic hydroxyl groups is 1. The normalized spacial score (nSPS) is 29.5. The van der Waals surface area contributed by atoms with E-state index in [1.807, 2.05) is 23.1 Å². The average molecular weight is 309 g/mol. The van der Waals surface area contributed by atoms with Crippen molar-refractivity contribution in [3.05, 3.63) is 60.2 Å². The van der Waals surface area contributed by atoms with Crippen LogP contribution in [-0.4, -0.2) is 38.0 Å². The lowest BCUT2D eigenvalue weighted by Gasteiger charge is -2.43. The Morgan fingerprint density at radius 3 is 2.39 bits per heavy atom. The van der Waals surface area contributed by atoms with Crippen LogP contribution in [0.1, 0.15) is 41.7 Å². The smallest absolute Gasteiger partial charge is 0.254 e. The van der Waals surface area contributed by atoms with Gasteiger partial charge in [0.2, 0.25) is 0 Å². The number of carbonyl (C=O) groups is 1. The second-order valence-corrected chi connectivity index (χ2v) is 6.49. The zero-order valence-electron chi connectivity index (χ0n) is 12.8. The molecule has 2 aromatic rings. The molecule has 0 radical (unpaired) electrons. The highest BCUT2D eigenvalue weighted by molar-refractivity contribution is 5.94. The number of carbonyl (C=O) groups excluding carboxylic acids is 1. The lowest BCUT2D eigenvalue weighted by Crippen LogP contribution is -2.52. The minimum Gasteiger partial charge on any atom is -0.383 e. The highest BCUT2D eigenvalue weighted by atomic mass is 16.3. The molecule has 0 aromatic carbocycles. The first-order chi connectivity index (χ1) is 11.2. The first kappa shape index (κ1) is 14.3. The van der Waals surface area contributed by atoms with Crippen molar-refractivity contribution in [2.24, 2.45) is 0 Å². The van der Waals surface area contributed by atoms with E-state index in [9.17, 15) is 9.90 Å². The molecular weight excluding hydrogens is 290 g/mol. The van der Waals surface area contributed by atoms with Gasteiger partial charge in [-0.05, 0) is 37.1 Å². The molecule has 0 spiro atoms. The van der Waals surface area contributed by atoms with Gasteiger partial charge in [-0.15, -0.1) is 0 Å². The lowest BCUT2D eigenvalue weighted by molar-refractivity contribution is -0.0508. The Bertz CT molecular complexity index is 691. The number of hydrogen-bond acceptors (Lipinski definition) is 4. The van der Waals surface area contributed by atoms with E-state index in [4.69, 9.17) is 0 Å². The van der Waals surface area contributed by atoms with Crippen LogP contribution in [0.4, 0.5) is 0 Å². The van der Waals surface area contributed by atoms with Crippen LogP contribution in [0.2, 0.25) is 0 Å². The standard InChI is InChI=1S/C18H19N3O2/c22-17(13-6-9-19-10-7-13)21-14-4-5-15(21)12-18(23,11-14)16-3-1-2-8-20-16/h1-3,6-10,14-15,23H,4-5,11-12H2/t14-,15-/m0/s1. The summed E-state index contributed by atoms with van der Waals surface area (Å²) in [5, 5.41) is 11.1. The van der Waals surface area contributed by atoms with Crippen LogP contribution >= 0.6 is 0 Å². The number of rotatable bonds is 2. The molecule has 2 aliphatic rings. The van der Waals surface area contributed by atoms with Crippen LogP contribution in [0.5, 0.6) is 0 Å². The van der Waals surface area contributed by atoms with Gasteiger partial charge in [-0.3, -0.25) is 14.8 Å². The van der Waals surface area contributed by atoms with Gasteiger partial charge in [-0.25, -0.2) is 0 Å². The summed E-state index contributed by atoms with van der Waals surface area (Å²) in [5.41, 5.74) is 0.454. The van der Waals surface area contributed by atoms with Crippen LogP contribution in [0.15, 0.2) is 48.9 Å². The molecule has 4 rings (SSSR count). The number of fused-ring (bicyclic) bond motifs is 2. The Balaban J connectivity index is 1.60. The molecule has 0 unspecified atom stereocenters. The Morgan fingerprint density at radius 1 is 1.09 bits per heavy atom. The fraction of sp³-hybridized carbons (Fsp3) is 0.389. The summed E-state index contributed by atoms with van der Waals surface area (Å²) < 4.78 is 0. The maximum Gasteiger partial charge on any atom is 0.254 e. The van der Waals surface area contributed by atoms with Crippen molar-refractivity contribution in [3.8, 4) is 0 Å². The number of amides is 1. The number of aromatic nitrogens is 2. The van der Waals surface area contributed by atoms with E-state index in [0.29, 0.717) is 24.1 Å². The van der Waals surface area contributed by atoms with E-state index >= 15 is 0 Å². The van der Waals surface area contributed by atoms with E-state index < -0.39 is 5.60 Å². The molecule has 23 heavy (non-hydrogen) atoms. The Hall–Kier alpha value is -2.27. The highest BCUT2D eigenvalue weighted by Gasteiger charge is 2.50. The van der Waals surface area contributed by atoms with Crippen molar-refractivity contribution in [1.82, 2.24) is 14.9 Å². The maximum atomic E-state index is 12.8. The molecule has 2 saturated heterocycles. The van der Waals surface area contributed by atoms with Crippen molar-refractivity contribution in [1.29, 1.82) is 0 Å². The minimum atomic E-state index is -0.928. The Morgan fingerprint density at radius 2 is 1.78 bits per heavy atom.